The van der Waals surface area contributed by atoms with E-state index in [1.807, 2.05) is 24.3 Å². The summed E-state index contributed by atoms with van der Waals surface area (Å²) in [6.45, 7) is 5.06. The van der Waals surface area contributed by atoms with Crippen LogP contribution in [0.2, 0.25) is 0 Å². The van der Waals surface area contributed by atoms with Crippen molar-refractivity contribution >= 4 is 17.6 Å². The number of likely N-dealkylation sites (N-methyl/N-ethyl adjacent to an activating group) is 1. The SMILES string of the molecule is CN1CCN(C(=O)Nc2ccc(CN)cc2)C(C)(C)C1=O. The van der Waals surface area contributed by atoms with E-state index in [1.54, 1.807) is 30.7 Å². The largest absolute Gasteiger partial charge is 0.342 e. The van der Waals surface area contributed by atoms with E-state index in [0.717, 1.165) is 5.56 Å². The van der Waals surface area contributed by atoms with Gasteiger partial charge in [0.05, 0.1) is 0 Å². The Bertz CT molecular complexity index is 539. The number of benzene rings is 1. The van der Waals surface area contributed by atoms with E-state index in [2.05, 4.69) is 5.32 Å². The molecule has 0 saturated carbocycles. The van der Waals surface area contributed by atoms with E-state index in [0.29, 0.717) is 25.3 Å². The van der Waals surface area contributed by atoms with Crippen LogP contribution in [0.3, 0.4) is 0 Å². The fraction of sp³-hybridized carbons (Fsp3) is 0.467. The quantitative estimate of drug-likeness (QED) is 0.860. The maximum atomic E-state index is 12.4. The molecule has 6 heteroatoms. The fourth-order valence-corrected chi connectivity index (χ4v) is 2.48. The van der Waals surface area contributed by atoms with Gasteiger partial charge in [-0.2, -0.15) is 0 Å². The van der Waals surface area contributed by atoms with Crippen LogP contribution in [-0.4, -0.2) is 47.4 Å². The number of piperazine rings is 1. The van der Waals surface area contributed by atoms with Gasteiger partial charge in [0, 0.05) is 32.4 Å². The first-order chi connectivity index (χ1) is 9.86. The third kappa shape index (κ3) is 3.00. The summed E-state index contributed by atoms with van der Waals surface area (Å²) in [5.74, 6) is -0.0534. The Labute approximate surface area is 124 Å². The molecule has 1 aromatic rings. The van der Waals surface area contributed by atoms with Gasteiger partial charge in [-0.15, -0.1) is 0 Å². The second-order valence-electron chi connectivity index (χ2n) is 5.77. The van der Waals surface area contributed by atoms with Crippen molar-refractivity contribution in [3.63, 3.8) is 0 Å². The van der Waals surface area contributed by atoms with Crippen molar-refractivity contribution in [2.24, 2.45) is 5.73 Å². The minimum Gasteiger partial charge on any atom is -0.342 e. The van der Waals surface area contributed by atoms with E-state index in [1.165, 1.54) is 0 Å². The highest BCUT2D eigenvalue weighted by atomic mass is 16.2. The lowest BCUT2D eigenvalue weighted by Crippen LogP contribution is -2.64. The summed E-state index contributed by atoms with van der Waals surface area (Å²) in [4.78, 5) is 27.8. The van der Waals surface area contributed by atoms with Crippen LogP contribution in [0.5, 0.6) is 0 Å². The van der Waals surface area contributed by atoms with Gasteiger partial charge in [0.15, 0.2) is 0 Å². The molecule has 1 aliphatic heterocycles. The average Bonchev–Trinajstić information content (AvgIpc) is 2.45. The van der Waals surface area contributed by atoms with E-state index >= 15 is 0 Å². The van der Waals surface area contributed by atoms with Gasteiger partial charge in [-0.3, -0.25) is 4.79 Å². The highest BCUT2D eigenvalue weighted by Gasteiger charge is 2.42. The Morgan fingerprint density at radius 3 is 2.48 bits per heavy atom. The topological polar surface area (TPSA) is 78.7 Å². The van der Waals surface area contributed by atoms with Gasteiger partial charge < -0.3 is 20.9 Å². The number of carbonyl (C=O) groups is 2. The number of nitrogens with one attached hydrogen (secondary N) is 1. The molecule has 1 aliphatic rings. The monoisotopic (exact) mass is 290 g/mol. The molecular weight excluding hydrogens is 268 g/mol. The number of urea groups is 1. The van der Waals surface area contributed by atoms with Crippen molar-refractivity contribution in [2.45, 2.75) is 25.9 Å². The first kappa shape index (κ1) is 15.3. The molecule has 6 nitrogen and oxygen atoms in total. The molecule has 1 saturated heterocycles. The van der Waals surface area contributed by atoms with Crippen LogP contribution in [0.25, 0.3) is 0 Å². The lowest BCUT2D eigenvalue weighted by molar-refractivity contribution is -0.144. The van der Waals surface area contributed by atoms with Gasteiger partial charge in [0.2, 0.25) is 5.91 Å². The second kappa shape index (κ2) is 5.73. The van der Waals surface area contributed by atoms with Gasteiger partial charge in [-0.1, -0.05) is 12.1 Å². The Morgan fingerprint density at radius 1 is 1.29 bits per heavy atom. The number of nitrogens with zero attached hydrogens (tertiary/aromatic N) is 2. The average molecular weight is 290 g/mol. The molecule has 1 aromatic carbocycles. The number of anilines is 1. The standard InChI is InChI=1S/C15H22N4O2/c1-15(2)13(20)18(3)8-9-19(15)14(21)17-12-6-4-11(10-16)5-7-12/h4-7H,8-10,16H2,1-3H3,(H,17,21). The van der Waals surface area contributed by atoms with Gasteiger partial charge in [-0.05, 0) is 31.5 Å². The summed E-state index contributed by atoms with van der Waals surface area (Å²) >= 11 is 0. The third-order valence-electron chi connectivity index (χ3n) is 3.89. The molecule has 2 rings (SSSR count). The number of rotatable bonds is 2. The molecule has 0 atom stereocenters. The Morgan fingerprint density at radius 2 is 1.90 bits per heavy atom. The van der Waals surface area contributed by atoms with Crippen LogP contribution in [-0.2, 0) is 11.3 Å². The van der Waals surface area contributed by atoms with Crippen LogP contribution < -0.4 is 11.1 Å². The minimum atomic E-state index is -0.839. The zero-order valence-corrected chi connectivity index (χ0v) is 12.7. The first-order valence-corrected chi connectivity index (χ1v) is 6.99. The number of amides is 3. The van der Waals surface area contributed by atoms with E-state index in [-0.39, 0.29) is 11.9 Å². The Kier molecular flexibility index (Phi) is 4.18. The summed E-state index contributed by atoms with van der Waals surface area (Å²) in [6, 6.07) is 7.10. The van der Waals surface area contributed by atoms with Crippen molar-refractivity contribution < 1.29 is 9.59 Å². The van der Waals surface area contributed by atoms with E-state index in [9.17, 15) is 9.59 Å². The van der Waals surface area contributed by atoms with Crippen molar-refractivity contribution in [3.05, 3.63) is 29.8 Å². The van der Waals surface area contributed by atoms with Gasteiger partial charge in [0.1, 0.15) is 5.54 Å². The molecule has 0 aliphatic carbocycles. The van der Waals surface area contributed by atoms with E-state index < -0.39 is 5.54 Å². The molecule has 0 radical (unpaired) electrons. The molecule has 0 spiro atoms. The molecule has 3 N–H and O–H groups in total. The maximum Gasteiger partial charge on any atom is 0.322 e. The highest BCUT2D eigenvalue weighted by Crippen LogP contribution is 2.23. The summed E-state index contributed by atoms with van der Waals surface area (Å²) in [5.41, 5.74) is 6.40. The zero-order chi connectivity index (χ0) is 15.6. The van der Waals surface area contributed by atoms with Crippen molar-refractivity contribution in [1.29, 1.82) is 0 Å². The molecule has 1 fully saturated rings. The number of carbonyl (C=O) groups excluding carboxylic acids is 2. The van der Waals surface area contributed by atoms with Crippen LogP contribution in [0.1, 0.15) is 19.4 Å². The smallest absolute Gasteiger partial charge is 0.322 e. The van der Waals surface area contributed by atoms with E-state index in [4.69, 9.17) is 5.73 Å². The van der Waals surface area contributed by atoms with Crippen LogP contribution >= 0.6 is 0 Å². The number of nitrogens with two attached hydrogens (primary N) is 1. The molecule has 21 heavy (non-hydrogen) atoms. The van der Waals surface area contributed by atoms with Crippen molar-refractivity contribution in [1.82, 2.24) is 9.80 Å². The lowest BCUT2D eigenvalue weighted by atomic mass is 9.98. The Balaban J connectivity index is 2.10. The second-order valence-corrected chi connectivity index (χ2v) is 5.77. The van der Waals surface area contributed by atoms with Crippen LogP contribution in [0.15, 0.2) is 24.3 Å². The first-order valence-electron chi connectivity index (χ1n) is 6.99. The van der Waals surface area contributed by atoms with Crippen LogP contribution in [0.4, 0.5) is 10.5 Å². The third-order valence-corrected chi connectivity index (χ3v) is 3.89. The number of hydrogen-bond acceptors (Lipinski definition) is 3. The predicted octanol–water partition coefficient (Wildman–Crippen LogP) is 1.23. The van der Waals surface area contributed by atoms with Gasteiger partial charge in [-0.25, -0.2) is 4.79 Å². The summed E-state index contributed by atoms with van der Waals surface area (Å²) < 4.78 is 0. The fourth-order valence-electron chi connectivity index (χ4n) is 2.48. The predicted molar refractivity (Wildman–Crippen MR) is 81.8 cm³/mol. The maximum absolute atomic E-state index is 12.4. The van der Waals surface area contributed by atoms with Crippen LogP contribution in [0, 0.1) is 0 Å². The summed E-state index contributed by atoms with van der Waals surface area (Å²) in [6.07, 6.45) is 0. The molecule has 3 amide bonds. The molecule has 1 heterocycles. The lowest BCUT2D eigenvalue weighted by Gasteiger charge is -2.44. The number of hydrogen-bond donors (Lipinski definition) is 2. The summed E-state index contributed by atoms with van der Waals surface area (Å²) in [7, 11) is 1.75. The normalized spacial score (nSPS) is 17.8. The summed E-state index contributed by atoms with van der Waals surface area (Å²) in [5, 5.41) is 2.83. The van der Waals surface area contributed by atoms with Gasteiger partial charge >= 0.3 is 6.03 Å². The molecule has 0 bridgehead atoms. The minimum absolute atomic E-state index is 0.0534. The molecule has 0 unspecified atom stereocenters. The van der Waals surface area contributed by atoms with Crippen molar-refractivity contribution in [2.75, 3.05) is 25.5 Å². The zero-order valence-electron chi connectivity index (χ0n) is 12.7. The Hall–Kier alpha value is -2.08. The van der Waals surface area contributed by atoms with Crippen molar-refractivity contribution in [3.8, 4) is 0 Å². The van der Waals surface area contributed by atoms with Gasteiger partial charge in [0.25, 0.3) is 0 Å². The molecule has 114 valence electrons. The highest BCUT2D eigenvalue weighted by molar-refractivity contribution is 5.96. The molecule has 0 aromatic heterocycles. The molecular formula is C15H22N4O2.